The van der Waals surface area contributed by atoms with Gasteiger partial charge in [-0.1, -0.05) is 6.07 Å². The van der Waals surface area contributed by atoms with E-state index in [0.717, 1.165) is 17.7 Å². The van der Waals surface area contributed by atoms with Gasteiger partial charge < -0.3 is 4.74 Å². The molecule has 0 amide bonds. The summed E-state index contributed by atoms with van der Waals surface area (Å²) in [7, 11) is -3.51. The number of ketones is 1. The van der Waals surface area contributed by atoms with Crippen LogP contribution in [0.15, 0.2) is 52.7 Å². The van der Waals surface area contributed by atoms with Crippen LogP contribution in [-0.4, -0.2) is 44.2 Å². The van der Waals surface area contributed by atoms with E-state index in [9.17, 15) is 18.0 Å². The van der Waals surface area contributed by atoms with Crippen molar-refractivity contribution in [3.05, 3.63) is 58.3 Å². The van der Waals surface area contributed by atoms with Crippen molar-refractivity contribution >= 4 is 39.2 Å². The van der Waals surface area contributed by atoms with E-state index in [1.54, 1.807) is 6.08 Å². The Kier molecular flexibility index (Phi) is 6.20. The Hall–Kier alpha value is -2.29. The highest BCUT2D eigenvalue weighted by Crippen LogP contribution is 2.21. The van der Waals surface area contributed by atoms with Crippen LogP contribution in [-0.2, 0) is 19.6 Å². The van der Waals surface area contributed by atoms with E-state index in [-0.39, 0.29) is 4.90 Å². The van der Waals surface area contributed by atoms with E-state index in [1.807, 2.05) is 17.5 Å². The maximum atomic E-state index is 12.5. The van der Waals surface area contributed by atoms with Crippen molar-refractivity contribution in [1.29, 1.82) is 0 Å². The Morgan fingerprint density at radius 3 is 2.44 bits per heavy atom. The summed E-state index contributed by atoms with van der Waals surface area (Å²) in [6, 6.07) is 9.45. The van der Waals surface area contributed by atoms with Gasteiger partial charge in [-0.15, -0.1) is 11.3 Å². The lowest BCUT2D eigenvalue weighted by atomic mass is 10.1. The van der Waals surface area contributed by atoms with Crippen molar-refractivity contribution in [2.45, 2.75) is 17.7 Å². The number of rotatable bonds is 7. The quantitative estimate of drug-likeness (QED) is 0.402. The molecule has 8 heteroatoms. The first-order valence-corrected chi connectivity index (χ1v) is 10.8. The van der Waals surface area contributed by atoms with Gasteiger partial charge in [0.05, 0.1) is 4.90 Å². The monoisotopic (exact) mass is 405 g/mol. The van der Waals surface area contributed by atoms with Crippen molar-refractivity contribution < 1.29 is 22.7 Å². The molecule has 0 atom stereocenters. The summed E-state index contributed by atoms with van der Waals surface area (Å²) in [6.45, 7) is 0.655. The van der Waals surface area contributed by atoms with Crippen molar-refractivity contribution in [3.63, 3.8) is 0 Å². The van der Waals surface area contributed by atoms with Gasteiger partial charge in [0.2, 0.25) is 10.0 Å². The van der Waals surface area contributed by atoms with Gasteiger partial charge in [0.25, 0.3) is 0 Å². The number of benzene rings is 1. The molecule has 0 unspecified atom stereocenters. The molecular formula is C19H19NO5S2. The van der Waals surface area contributed by atoms with Gasteiger partial charge in [-0.3, -0.25) is 4.79 Å². The van der Waals surface area contributed by atoms with E-state index < -0.39 is 28.4 Å². The minimum atomic E-state index is -3.51. The summed E-state index contributed by atoms with van der Waals surface area (Å²) >= 11 is 1.48. The number of carbonyl (C=O) groups is 2. The van der Waals surface area contributed by atoms with Gasteiger partial charge in [0.1, 0.15) is 0 Å². The minimum Gasteiger partial charge on any atom is -0.454 e. The van der Waals surface area contributed by atoms with Gasteiger partial charge in [-0.2, -0.15) is 4.31 Å². The maximum absolute atomic E-state index is 12.5. The Balaban J connectivity index is 1.56. The van der Waals surface area contributed by atoms with Crippen LogP contribution in [0.2, 0.25) is 0 Å². The molecule has 1 aliphatic rings. The molecule has 0 spiro atoms. The van der Waals surface area contributed by atoms with Crippen molar-refractivity contribution in [1.82, 2.24) is 4.31 Å². The summed E-state index contributed by atoms with van der Waals surface area (Å²) in [6.07, 6.45) is 4.62. The first kappa shape index (κ1) is 19.5. The summed E-state index contributed by atoms with van der Waals surface area (Å²) in [5, 5.41) is 1.89. The Bertz CT molecular complexity index is 925. The van der Waals surface area contributed by atoms with Crippen LogP contribution in [0.25, 0.3) is 6.08 Å². The average molecular weight is 405 g/mol. The number of hydrogen-bond acceptors (Lipinski definition) is 6. The van der Waals surface area contributed by atoms with Crippen molar-refractivity contribution in [2.24, 2.45) is 0 Å². The zero-order chi connectivity index (χ0) is 19.3. The average Bonchev–Trinajstić information content (AvgIpc) is 3.38. The normalized spacial score (nSPS) is 15.3. The van der Waals surface area contributed by atoms with Crippen LogP contribution < -0.4 is 0 Å². The second-order valence-corrected chi connectivity index (χ2v) is 8.93. The van der Waals surface area contributed by atoms with E-state index in [4.69, 9.17) is 4.74 Å². The molecule has 142 valence electrons. The number of ether oxygens (including phenoxy) is 1. The number of sulfonamides is 1. The number of hydrogen-bond donors (Lipinski definition) is 0. The largest absolute Gasteiger partial charge is 0.454 e. The second kappa shape index (κ2) is 8.60. The number of carbonyl (C=O) groups excluding carboxylic acids is 2. The zero-order valence-corrected chi connectivity index (χ0v) is 16.2. The lowest BCUT2D eigenvalue weighted by molar-refractivity contribution is -0.136. The predicted octanol–water partition coefficient (Wildman–Crippen LogP) is 2.97. The molecule has 0 N–H and O–H groups in total. The van der Waals surface area contributed by atoms with Crippen LogP contribution in [0, 0.1) is 0 Å². The number of Topliss-reactive ketones (excluding diaryl/α,β-unsaturated/α-hetero) is 1. The van der Waals surface area contributed by atoms with Gasteiger partial charge in [0.15, 0.2) is 12.4 Å². The van der Waals surface area contributed by atoms with Crippen LogP contribution in [0.3, 0.4) is 0 Å². The molecule has 6 nitrogen and oxygen atoms in total. The summed E-state index contributed by atoms with van der Waals surface area (Å²) < 4.78 is 31.3. The van der Waals surface area contributed by atoms with Crippen LogP contribution in [0.1, 0.15) is 28.1 Å². The molecule has 1 fully saturated rings. The molecule has 1 saturated heterocycles. The van der Waals surface area contributed by atoms with Crippen LogP contribution >= 0.6 is 11.3 Å². The highest BCUT2D eigenvalue weighted by atomic mass is 32.2. The number of esters is 1. The van der Waals surface area contributed by atoms with E-state index in [1.165, 1.54) is 46.0 Å². The fourth-order valence-electron chi connectivity index (χ4n) is 2.69. The smallest absolute Gasteiger partial charge is 0.331 e. The Labute approximate surface area is 162 Å². The summed E-state index contributed by atoms with van der Waals surface area (Å²) in [5.74, 6) is -0.997. The molecule has 27 heavy (non-hydrogen) atoms. The van der Waals surface area contributed by atoms with Gasteiger partial charge >= 0.3 is 5.97 Å². The van der Waals surface area contributed by atoms with Gasteiger partial charge in [0, 0.05) is 29.6 Å². The lowest BCUT2D eigenvalue weighted by Gasteiger charge is -2.15. The Morgan fingerprint density at radius 2 is 1.81 bits per heavy atom. The molecule has 0 radical (unpaired) electrons. The molecular weight excluding hydrogens is 386 g/mol. The van der Waals surface area contributed by atoms with E-state index >= 15 is 0 Å². The van der Waals surface area contributed by atoms with Gasteiger partial charge in [-0.25, -0.2) is 13.2 Å². The lowest BCUT2D eigenvalue weighted by Crippen LogP contribution is -2.27. The topological polar surface area (TPSA) is 80.8 Å². The first-order chi connectivity index (χ1) is 13.0. The molecule has 1 aromatic carbocycles. The Morgan fingerprint density at radius 1 is 1.11 bits per heavy atom. The fraction of sp³-hybridized carbons (Fsp3) is 0.263. The third-order valence-electron chi connectivity index (χ3n) is 4.15. The molecule has 3 rings (SSSR count). The molecule has 2 aromatic rings. The molecule has 2 heterocycles. The maximum Gasteiger partial charge on any atom is 0.331 e. The summed E-state index contributed by atoms with van der Waals surface area (Å²) in [5.41, 5.74) is 0.297. The third kappa shape index (κ3) is 4.91. The van der Waals surface area contributed by atoms with Gasteiger partial charge in [-0.05, 0) is 54.6 Å². The van der Waals surface area contributed by atoms with E-state index in [0.29, 0.717) is 18.7 Å². The SMILES string of the molecule is O=C(/C=C/c1cccs1)OCC(=O)c1ccc(S(=O)(=O)N2CCCC2)cc1. The summed E-state index contributed by atoms with van der Waals surface area (Å²) in [4.78, 5) is 24.9. The minimum absolute atomic E-state index is 0.164. The molecule has 1 aromatic heterocycles. The van der Waals surface area contributed by atoms with Crippen molar-refractivity contribution in [2.75, 3.05) is 19.7 Å². The third-order valence-corrected chi connectivity index (χ3v) is 6.90. The number of nitrogens with zero attached hydrogens (tertiary/aromatic N) is 1. The number of thiophene rings is 1. The van der Waals surface area contributed by atoms with Crippen LogP contribution in [0.5, 0.6) is 0 Å². The van der Waals surface area contributed by atoms with E-state index in [2.05, 4.69) is 0 Å². The first-order valence-electron chi connectivity index (χ1n) is 8.48. The van der Waals surface area contributed by atoms with Crippen LogP contribution in [0.4, 0.5) is 0 Å². The van der Waals surface area contributed by atoms with Crippen molar-refractivity contribution in [3.8, 4) is 0 Å². The zero-order valence-electron chi connectivity index (χ0n) is 14.5. The molecule has 0 saturated carbocycles. The highest BCUT2D eigenvalue weighted by molar-refractivity contribution is 7.89. The molecule has 0 bridgehead atoms. The highest BCUT2D eigenvalue weighted by Gasteiger charge is 2.27. The standard InChI is InChI=1S/C19H19NO5S2/c21-18(14-25-19(22)10-7-16-4-3-13-26-16)15-5-8-17(9-6-15)27(23,24)20-11-1-2-12-20/h3-10,13H,1-2,11-12,14H2/b10-7+. The fourth-order valence-corrected chi connectivity index (χ4v) is 4.83. The predicted molar refractivity (Wildman–Crippen MR) is 103 cm³/mol. The second-order valence-electron chi connectivity index (χ2n) is 6.02. The molecule has 0 aliphatic carbocycles. The molecule has 1 aliphatic heterocycles.